The molecule has 0 unspecified atom stereocenters. The van der Waals surface area contributed by atoms with Gasteiger partial charge in [0.2, 0.25) is 0 Å². The van der Waals surface area contributed by atoms with Crippen LogP contribution < -0.4 is 10.6 Å². The molecule has 176 valence electrons. The summed E-state index contributed by atoms with van der Waals surface area (Å²) in [7, 11) is 0. The molecule has 3 N–H and O–H groups in total. The van der Waals surface area contributed by atoms with Crippen molar-refractivity contribution < 1.29 is 9.18 Å². The number of aromatic amines is 1. The van der Waals surface area contributed by atoms with Crippen LogP contribution in [0, 0.1) is 5.82 Å². The number of rotatable bonds is 6. The van der Waals surface area contributed by atoms with Crippen LogP contribution in [0.4, 0.5) is 10.1 Å². The quantitative estimate of drug-likeness (QED) is 0.400. The van der Waals surface area contributed by atoms with Gasteiger partial charge < -0.3 is 10.6 Å². The highest BCUT2D eigenvalue weighted by Gasteiger charge is 2.27. The Kier molecular flexibility index (Phi) is 5.95. The number of nitrogens with one attached hydrogen (secondary N) is 3. The molecule has 0 aromatic carbocycles. The summed E-state index contributed by atoms with van der Waals surface area (Å²) < 4.78 is 16.0. The van der Waals surface area contributed by atoms with Crippen molar-refractivity contribution in [2.75, 3.05) is 5.32 Å². The second-order valence-corrected chi connectivity index (χ2v) is 9.03. The zero-order valence-electron chi connectivity index (χ0n) is 19.1. The number of fused-ring (bicyclic) bond motifs is 1. The van der Waals surface area contributed by atoms with Crippen molar-refractivity contribution in [3.8, 4) is 11.1 Å². The number of carbonyl (C=O) groups is 1. The number of H-pyrrole nitrogens is 1. The molecule has 0 atom stereocenters. The van der Waals surface area contributed by atoms with Gasteiger partial charge in [-0.25, -0.2) is 13.9 Å². The van der Waals surface area contributed by atoms with E-state index < -0.39 is 5.82 Å². The number of hydrogen-bond donors (Lipinski definition) is 3. The lowest BCUT2D eigenvalue weighted by Gasteiger charge is -2.28. The minimum atomic E-state index is -0.407. The molecule has 9 nitrogen and oxygen atoms in total. The highest BCUT2D eigenvalue weighted by molar-refractivity contribution is 6.03. The van der Waals surface area contributed by atoms with E-state index in [-0.39, 0.29) is 18.0 Å². The summed E-state index contributed by atoms with van der Waals surface area (Å²) >= 11 is 0. The van der Waals surface area contributed by atoms with Gasteiger partial charge in [0.15, 0.2) is 5.82 Å². The summed E-state index contributed by atoms with van der Waals surface area (Å²) in [6.45, 7) is 4.02. The largest absolute Gasteiger partial charge is 0.380 e. The SMILES string of the molecule is CC(C)Nc1c(C(=O)NC2CCC(c3nc[nH]n3)CC2)cnn2cc(-c3ccncc3F)cc12. The first kappa shape index (κ1) is 22.0. The van der Waals surface area contributed by atoms with Gasteiger partial charge in [0, 0.05) is 41.5 Å². The molecular formula is C24H27FN8O. The first-order chi connectivity index (χ1) is 16.5. The predicted octanol–water partition coefficient (Wildman–Crippen LogP) is 3.93. The summed E-state index contributed by atoms with van der Waals surface area (Å²) in [6.07, 6.45) is 11.3. The maximum Gasteiger partial charge on any atom is 0.255 e. The van der Waals surface area contributed by atoms with Crippen molar-refractivity contribution in [1.82, 2.24) is 35.1 Å². The minimum Gasteiger partial charge on any atom is -0.380 e. The summed E-state index contributed by atoms with van der Waals surface area (Å²) in [5.41, 5.74) is 2.96. The highest BCUT2D eigenvalue weighted by Crippen LogP contribution is 2.32. The summed E-state index contributed by atoms with van der Waals surface area (Å²) in [5, 5.41) is 18.0. The number of nitrogens with zero attached hydrogens (tertiary/aromatic N) is 5. The van der Waals surface area contributed by atoms with Gasteiger partial charge in [-0.3, -0.25) is 14.9 Å². The van der Waals surface area contributed by atoms with Gasteiger partial charge in [0.1, 0.15) is 12.1 Å². The number of carbonyl (C=O) groups excluding carboxylic acids is 1. The molecule has 4 heterocycles. The van der Waals surface area contributed by atoms with Gasteiger partial charge in [0.25, 0.3) is 5.91 Å². The molecule has 1 saturated carbocycles. The Morgan fingerprint density at radius 3 is 2.76 bits per heavy atom. The van der Waals surface area contributed by atoms with Gasteiger partial charge in [-0.2, -0.15) is 10.2 Å². The van der Waals surface area contributed by atoms with Crippen molar-refractivity contribution in [3.05, 3.63) is 60.5 Å². The Hall–Kier alpha value is -3.82. The lowest BCUT2D eigenvalue weighted by atomic mass is 9.85. The van der Waals surface area contributed by atoms with E-state index in [1.54, 1.807) is 35.5 Å². The van der Waals surface area contributed by atoms with Crippen LogP contribution in [0.15, 0.2) is 43.2 Å². The minimum absolute atomic E-state index is 0.0825. The van der Waals surface area contributed by atoms with E-state index >= 15 is 0 Å². The molecule has 1 amide bonds. The second kappa shape index (κ2) is 9.20. The Bertz CT molecular complexity index is 1290. The molecule has 1 aliphatic rings. The van der Waals surface area contributed by atoms with Gasteiger partial charge >= 0.3 is 0 Å². The normalized spacial score (nSPS) is 18.4. The van der Waals surface area contributed by atoms with Crippen molar-refractivity contribution in [2.45, 2.75) is 57.5 Å². The number of hydrogen-bond acceptors (Lipinski definition) is 6. The number of halogens is 1. The van der Waals surface area contributed by atoms with Crippen LogP contribution in [0.25, 0.3) is 16.6 Å². The van der Waals surface area contributed by atoms with Gasteiger partial charge in [-0.15, -0.1) is 0 Å². The molecule has 0 saturated heterocycles. The molecule has 4 aromatic rings. The second-order valence-electron chi connectivity index (χ2n) is 9.03. The van der Waals surface area contributed by atoms with Crippen LogP contribution in [0.2, 0.25) is 0 Å². The van der Waals surface area contributed by atoms with E-state index in [1.807, 2.05) is 19.9 Å². The summed E-state index contributed by atoms with van der Waals surface area (Å²) in [4.78, 5) is 21.4. The maximum atomic E-state index is 14.3. The average molecular weight is 463 g/mol. The van der Waals surface area contributed by atoms with Crippen LogP contribution in [-0.2, 0) is 0 Å². The van der Waals surface area contributed by atoms with E-state index in [4.69, 9.17) is 0 Å². The van der Waals surface area contributed by atoms with Crippen molar-refractivity contribution in [2.24, 2.45) is 0 Å². The van der Waals surface area contributed by atoms with Gasteiger partial charge in [-0.05, 0) is 51.7 Å². The van der Waals surface area contributed by atoms with Crippen LogP contribution in [-0.4, -0.2) is 47.8 Å². The highest BCUT2D eigenvalue weighted by atomic mass is 19.1. The van der Waals surface area contributed by atoms with E-state index in [2.05, 4.69) is 35.9 Å². The smallest absolute Gasteiger partial charge is 0.255 e. The molecule has 0 bridgehead atoms. The standard InChI is InChI=1S/C24H27FN8O/c1-14(2)30-22-19(24(34)31-17-5-3-15(4-6-17)23-27-13-28-32-23)10-29-33-12-16(9-21(22)33)18-7-8-26-11-20(18)25/h7-15,17,30H,3-6H2,1-2H3,(H,31,34)(H,27,28,32). The Labute approximate surface area is 196 Å². The van der Waals surface area contributed by atoms with Crippen molar-refractivity contribution in [1.29, 1.82) is 0 Å². The molecule has 5 rings (SSSR count). The number of pyridine rings is 1. The lowest BCUT2D eigenvalue weighted by Crippen LogP contribution is -2.38. The molecule has 0 spiro atoms. The number of aromatic nitrogens is 6. The van der Waals surface area contributed by atoms with Crippen LogP contribution in [0.3, 0.4) is 0 Å². The molecule has 0 aliphatic heterocycles. The fourth-order valence-corrected chi connectivity index (χ4v) is 4.60. The van der Waals surface area contributed by atoms with Gasteiger partial charge in [0.05, 0.1) is 29.2 Å². The first-order valence-corrected chi connectivity index (χ1v) is 11.5. The molecular weight excluding hydrogens is 435 g/mol. The third-order valence-corrected chi connectivity index (χ3v) is 6.26. The Morgan fingerprint density at radius 2 is 2.06 bits per heavy atom. The van der Waals surface area contributed by atoms with E-state index in [9.17, 15) is 9.18 Å². The molecule has 1 fully saturated rings. The van der Waals surface area contributed by atoms with Gasteiger partial charge in [-0.1, -0.05) is 0 Å². The van der Waals surface area contributed by atoms with E-state index in [0.717, 1.165) is 31.5 Å². The van der Waals surface area contributed by atoms with Crippen molar-refractivity contribution in [3.63, 3.8) is 0 Å². The molecule has 0 radical (unpaired) electrons. The van der Waals surface area contributed by atoms with Crippen molar-refractivity contribution >= 4 is 17.1 Å². The number of amides is 1. The maximum absolute atomic E-state index is 14.3. The Balaban J connectivity index is 1.40. The fraction of sp³-hybridized carbons (Fsp3) is 0.375. The zero-order valence-corrected chi connectivity index (χ0v) is 19.1. The van der Waals surface area contributed by atoms with E-state index in [1.165, 1.54) is 6.20 Å². The van der Waals surface area contributed by atoms with E-state index in [0.29, 0.717) is 33.8 Å². The predicted molar refractivity (Wildman–Crippen MR) is 126 cm³/mol. The molecule has 1 aliphatic carbocycles. The fourth-order valence-electron chi connectivity index (χ4n) is 4.60. The third-order valence-electron chi connectivity index (χ3n) is 6.26. The number of anilines is 1. The van der Waals surface area contributed by atoms with Crippen LogP contribution >= 0.6 is 0 Å². The molecule has 10 heteroatoms. The molecule has 4 aromatic heterocycles. The zero-order chi connectivity index (χ0) is 23.7. The first-order valence-electron chi connectivity index (χ1n) is 11.5. The average Bonchev–Trinajstić information content (AvgIpc) is 3.50. The summed E-state index contributed by atoms with van der Waals surface area (Å²) in [5.74, 6) is 0.591. The Morgan fingerprint density at radius 1 is 1.24 bits per heavy atom. The monoisotopic (exact) mass is 462 g/mol. The topological polar surface area (TPSA) is 113 Å². The lowest BCUT2D eigenvalue weighted by molar-refractivity contribution is 0.0926. The molecule has 34 heavy (non-hydrogen) atoms. The third kappa shape index (κ3) is 4.35. The van der Waals surface area contributed by atoms with Crippen LogP contribution in [0.1, 0.15) is 61.6 Å². The summed E-state index contributed by atoms with van der Waals surface area (Å²) in [6, 6.07) is 3.64. The van der Waals surface area contributed by atoms with Crippen LogP contribution in [0.5, 0.6) is 0 Å².